The fraction of sp³-hybridized carbons (Fsp3) is 0.300. The number of nitrogens with zero attached hydrogens (tertiary/aromatic N) is 3. The summed E-state index contributed by atoms with van der Waals surface area (Å²) >= 11 is 0.663. The van der Waals surface area contributed by atoms with Crippen molar-refractivity contribution < 1.29 is 13.3 Å². The van der Waals surface area contributed by atoms with Gasteiger partial charge in [-0.05, 0) is 12.5 Å². The van der Waals surface area contributed by atoms with Gasteiger partial charge in [-0.25, -0.2) is 13.1 Å². The maximum Gasteiger partial charge on any atom is 0.304 e. The molecular formula is C10H13N5O4S2. The number of hydrogen-bond donors (Lipinski definition) is 2. The lowest BCUT2D eigenvalue weighted by atomic mass is 10.4. The van der Waals surface area contributed by atoms with E-state index >= 15 is 0 Å². The molecule has 0 aromatic carbocycles. The van der Waals surface area contributed by atoms with Crippen LogP contribution in [-0.4, -0.2) is 29.7 Å². The van der Waals surface area contributed by atoms with E-state index in [4.69, 9.17) is 5.73 Å². The van der Waals surface area contributed by atoms with Crippen molar-refractivity contribution in [2.45, 2.75) is 17.7 Å². The molecule has 11 heteroatoms. The van der Waals surface area contributed by atoms with E-state index in [1.807, 2.05) is 6.92 Å². The first kappa shape index (κ1) is 15.4. The number of aryl methyl sites for hydroxylation is 1. The maximum atomic E-state index is 12.0. The summed E-state index contributed by atoms with van der Waals surface area (Å²) in [5.41, 5.74) is 6.00. The van der Waals surface area contributed by atoms with Gasteiger partial charge < -0.3 is 5.73 Å². The van der Waals surface area contributed by atoms with Crippen molar-refractivity contribution in [3.8, 4) is 0 Å². The van der Waals surface area contributed by atoms with Crippen LogP contribution in [0.5, 0.6) is 0 Å². The first-order valence-electron chi connectivity index (χ1n) is 5.82. The molecule has 0 amide bonds. The predicted molar refractivity (Wildman–Crippen MR) is 77.5 cm³/mol. The van der Waals surface area contributed by atoms with E-state index in [0.29, 0.717) is 17.9 Å². The average Bonchev–Trinajstić information content (AvgIpc) is 2.96. The van der Waals surface area contributed by atoms with E-state index in [0.717, 1.165) is 11.6 Å². The van der Waals surface area contributed by atoms with Gasteiger partial charge in [0.25, 0.3) is 0 Å². The Morgan fingerprint density at radius 3 is 2.81 bits per heavy atom. The van der Waals surface area contributed by atoms with Crippen LogP contribution in [0.3, 0.4) is 0 Å². The summed E-state index contributed by atoms with van der Waals surface area (Å²) in [4.78, 5) is 9.96. The third-order valence-electron chi connectivity index (χ3n) is 2.57. The van der Waals surface area contributed by atoms with E-state index in [-0.39, 0.29) is 15.8 Å². The summed E-state index contributed by atoms with van der Waals surface area (Å²) in [6, 6.07) is 0.959. The zero-order valence-corrected chi connectivity index (χ0v) is 12.6. The Kier molecular flexibility index (Phi) is 4.25. The van der Waals surface area contributed by atoms with Crippen molar-refractivity contribution >= 4 is 32.0 Å². The lowest BCUT2D eigenvalue weighted by Gasteiger charge is -2.04. The predicted octanol–water partition coefficient (Wildman–Crippen LogP) is 0.722. The molecule has 3 N–H and O–H groups in total. The molecule has 2 aromatic rings. The number of rotatable bonds is 6. The summed E-state index contributed by atoms with van der Waals surface area (Å²) in [5.74, 6) is 0. The van der Waals surface area contributed by atoms with Gasteiger partial charge >= 0.3 is 5.69 Å². The highest BCUT2D eigenvalue weighted by atomic mass is 32.2. The second kappa shape index (κ2) is 5.79. The molecule has 0 saturated heterocycles. The first-order chi connectivity index (χ1) is 9.79. The SMILES string of the molecule is Cc1cnn(CCNS(=O)(=O)c2cc([N+](=O)[O-])c(N)s2)c1. The fourth-order valence-corrected chi connectivity index (χ4v) is 3.88. The van der Waals surface area contributed by atoms with Gasteiger partial charge in [0, 0.05) is 18.8 Å². The van der Waals surface area contributed by atoms with Crippen molar-refractivity contribution in [3.05, 3.63) is 34.1 Å². The van der Waals surface area contributed by atoms with Gasteiger partial charge in [0.15, 0.2) is 5.00 Å². The Hall–Kier alpha value is -1.98. The Morgan fingerprint density at radius 2 is 2.29 bits per heavy atom. The van der Waals surface area contributed by atoms with Crippen LogP contribution in [0.2, 0.25) is 0 Å². The van der Waals surface area contributed by atoms with Crippen LogP contribution >= 0.6 is 11.3 Å². The molecule has 0 saturated carbocycles. The van der Waals surface area contributed by atoms with Crippen LogP contribution in [0.4, 0.5) is 10.7 Å². The van der Waals surface area contributed by atoms with E-state index in [2.05, 4.69) is 9.82 Å². The Balaban J connectivity index is 2.04. The number of aromatic nitrogens is 2. The monoisotopic (exact) mass is 331 g/mol. The number of nitrogens with one attached hydrogen (secondary N) is 1. The van der Waals surface area contributed by atoms with E-state index in [9.17, 15) is 18.5 Å². The largest absolute Gasteiger partial charge is 0.385 e. The van der Waals surface area contributed by atoms with Crippen LogP contribution in [0, 0.1) is 17.0 Å². The quantitative estimate of drug-likeness (QED) is 0.592. The standard InChI is InChI=1S/C10H13N5O4S2/c1-7-5-12-14(6-7)3-2-13-21(18,19)9-4-8(15(16)17)10(11)20-9/h4-6,13H,2-3,11H2,1H3. The minimum Gasteiger partial charge on any atom is -0.385 e. The van der Waals surface area contributed by atoms with Crippen molar-refractivity contribution in [1.82, 2.24) is 14.5 Å². The normalized spacial score (nSPS) is 11.7. The second-order valence-corrected chi connectivity index (χ2v) is 7.33. The van der Waals surface area contributed by atoms with Gasteiger partial charge in [0.05, 0.1) is 17.7 Å². The Morgan fingerprint density at radius 1 is 1.57 bits per heavy atom. The molecule has 0 aliphatic carbocycles. The smallest absolute Gasteiger partial charge is 0.304 e. The highest BCUT2D eigenvalue weighted by Crippen LogP contribution is 2.34. The molecule has 0 radical (unpaired) electrons. The van der Waals surface area contributed by atoms with Crippen LogP contribution < -0.4 is 10.5 Å². The number of nitrogen functional groups attached to an aromatic ring is 1. The van der Waals surface area contributed by atoms with E-state index in [1.54, 1.807) is 17.1 Å². The molecule has 0 unspecified atom stereocenters. The number of nitro groups is 1. The first-order valence-corrected chi connectivity index (χ1v) is 8.12. The van der Waals surface area contributed by atoms with Crippen LogP contribution in [0.15, 0.2) is 22.7 Å². The van der Waals surface area contributed by atoms with Crippen molar-refractivity contribution in [2.75, 3.05) is 12.3 Å². The summed E-state index contributed by atoms with van der Waals surface area (Å²) < 4.78 is 27.8. The summed E-state index contributed by atoms with van der Waals surface area (Å²) in [5, 5.41) is 14.6. The van der Waals surface area contributed by atoms with Gasteiger partial charge in [-0.2, -0.15) is 5.10 Å². The molecule has 2 heterocycles. The van der Waals surface area contributed by atoms with Crippen LogP contribution in [0.1, 0.15) is 5.56 Å². The zero-order valence-electron chi connectivity index (χ0n) is 11.0. The Bertz CT molecular complexity index is 764. The molecule has 9 nitrogen and oxygen atoms in total. The van der Waals surface area contributed by atoms with E-state index < -0.39 is 20.6 Å². The number of thiophene rings is 1. The summed E-state index contributed by atoms with van der Waals surface area (Å²) in [6.45, 7) is 2.35. The molecule has 2 rings (SSSR count). The minimum atomic E-state index is -3.82. The molecule has 0 aliphatic heterocycles. The second-order valence-electron chi connectivity index (χ2n) is 4.25. The van der Waals surface area contributed by atoms with Crippen LogP contribution in [0.25, 0.3) is 0 Å². The maximum absolute atomic E-state index is 12.0. The van der Waals surface area contributed by atoms with Gasteiger partial charge in [-0.15, -0.1) is 0 Å². The highest BCUT2D eigenvalue weighted by Gasteiger charge is 2.24. The molecule has 114 valence electrons. The Labute approximate surface area is 124 Å². The fourth-order valence-electron chi connectivity index (χ4n) is 1.60. The molecule has 0 spiro atoms. The minimum absolute atomic E-state index is 0.120. The molecule has 21 heavy (non-hydrogen) atoms. The molecule has 0 aliphatic rings. The number of hydrogen-bond acceptors (Lipinski definition) is 7. The lowest BCUT2D eigenvalue weighted by molar-refractivity contribution is -0.383. The number of sulfonamides is 1. The third-order valence-corrected chi connectivity index (χ3v) is 5.46. The molecule has 0 bridgehead atoms. The number of nitrogens with two attached hydrogens (primary N) is 1. The molecule has 2 aromatic heterocycles. The summed E-state index contributed by atoms with van der Waals surface area (Å²) in [6.07, 6.45) is 3.44. The zero-order chi connectivity index (χ0) is 15.6. The third kappa shape index (κ3) is 3.56. The molecule has 0 atom stereocenters. The number of anilines is 1. The average molecular weight is 331 g/mol. The van der Waals surface area contributed by atoms with Crippen LogP contribution in [-0.2, 0) is 16.6 Å². The highest BCUT2D eigenvalue weighted by molar-refractivity contribution is 7.91. The summed E-state index contributed by atoms with van der Waals surface area (Å²) in [7, 11) is -3.82. The van der Waals surface area contributed by atoms with Crippen molar-refractivity contribution in [2.24, 2.45) is 0 Å². The van der Waals surface area contributed by atoms with Gasteiger partial charge in [0.1, 0.15) is 4.21 Å². The van der Waals surface area contributed by atoms with Gasteiger partial charge in [0.2, 0.25) is 10.0 Å². The molecular weight excluding hydrogens is 318 g/mol. The van der Waals surface area contributed by atoms with Crippen molar-refractivity contribution in [1.29, 1.82) is 0 Å². The lowest BCUT2D eigenvalue weighted by Crippen LogP contribution is -2.27. The van der Waals surface area contributed by atoms with Crippen molar-refractivity contribution in [3.63, 3.8) is 0 Å². The van der Waals surface area contributed by atoms with Gasteiger partial charge in [-0.1, -0.05) is 11.3 Å². The van der Waals surface area contributed by atoms with E-state index in [1.165, 1.54) is 0 Å². The molecule has 0 fully saturated rings. The van der Waals surface area contributed by atoms with Gasteiger partial charge in [-0.3, -0.25) is 14.8 Å². The topological polar surface area (TPSA) is 133 Å².